The van der Waals surface area contributed by atoms with Crippen molar-refractivity contribution in [3.05, 3.63) is 83.2 Å². The lowest BCUT2D eigenvalue weighted by molar-refractivity contribution is 0.0683. The molecule has 0 bridgehead atoms. The van der Waals surface area contributed by atoms with Gasteiger partial charge in [0, 0.05) is 13.1 Å². The van der Waals surface area contributed by atoms with Gasteiger partial charge in [-0.25, -0.2) is 0 Å². The summed E-state index contributed by atoms with van der Waals surface area (Å²) in [6.07, 6.45) is 0. The highest BCUT2D eigenvalue weighted by atomic mass is 16.5. The van der Waals surface area contributed by atoms with E-state index in [9.17, 15) is 4.79 Å². The first-order chi connectivity index (χ1) is 14.2. The summed E-state index contributed by atoms with van der Waals surface area (Å²) in [5, 5.41) is 13.4. The van der Waals surface area contributed by atoms with E-state index in [1.165, 1.54) is 0 Å². The van der Waals surface area contributed by atoms with Crippen LogP contribution in [0, 0.1) is 11.3 Å². The second-order valence-corrected chi connectivity index (χ2v) is 6.38. The minimum absolute atomic E-state index is 0.0182. The highest BCUT2D eigenvalue weighted by Crippen LogP contribution is 2.18. The molecule has 6 nitrogen and oxygen atoms in total. The summed E-state index contributed by atoms with van der Waals surface area (Å²) in [6.45, 7) is 6.14. The predicted molar refractivity (Wildman–Crippen MR) is 110 cm³/mol. The van der Waals surface area contributed by atoms with Crippen LogP contribution in [0.5, 0.6) is 5.75 Å². The zero-order valence-corrected chi connectivity index (χ0v) is 16.7. The van der Waals surface area contributed by atoms with Gasteiger partial charge in [-0.05, 0) is 29.8 Å². The maximum Gasteiger partial charge on any atom is 0.272 e. The van der Waals surface area contributed by atoms with Gasteiger partial charge in [-0.3, -0.25) is 9.48 Å². The lowest BCUT2D eigenvalue weighted by Crippen LogP contribution is -2.39. The van der Waals surface area contributed by atoms with Crippen LogP contribution >= 0.6 is 0 Å². The summed E-state index contributed by atoms with van der Waals surface area (Å²) in [4.78, 5) is 14.6. The summed E-state index contributed by atoms with van der Waals surface area (Å²) in [6, 6.07) is 20.8. The van der Waals surface area contributed by atoms with Crippen molar-refractivity contribution in [3.8, 4) is 11.8 Å². The van der Waals surface area contributed by atoms with Gasteiger partial charge in [0.2, 0.25) is 0 Å². The first-order valence-corrected chi connectivity index (χ1v) is 9.76. The van der Waals surface area contributed by atoms with E-state index >= 15 is 0 Å². The van der Waals surface area contributed by atoms with E-state index in [1.807, 2.05) is 49.1 Å². The number of benzene rings is 2. The molecule has 0 spiro atoms. The van der Waals surface area contributed by atoms with Crippen LogP contribution < -0.4 is 4.74 Å². The Kier molecular flexibility index (Phi) is 6.64. The third-order valence-electron chi connectivity index (χ3n) is 4.48. The molecule has 0 fully saturated rings. The number of nitrogens with zero attached hydrogens (tertiary/aromatic N) is 4. The molecule has 2 heterocycles. The minimum atomic E-state index is -0.0182. The fourth-order valence-corrected chi connectivity index (χ4v) is 3.13. The lowest BCUT2D eigenvalue weighted by Gasteiger charge is -2.27. The van der Waals surface area contributed by atoms with Gasteiger partial charge in [0.15, 0.2) is 0 Å². The molecule has 1 aromatic heterocycles. The molecule has 148 valence electrons. The molecule has 0 saturated carbocycles. The van der Waals surface area contributed by atoms with E-state index in [-0.39, 0.29) is 12.5 Å². The molecule has 0 unspecified atom stereocenters. The van der Waals surface area contributed by atoms with Gasteiger partial charge in [0.25, 0.3) is 5.91 Å². The molecule has 0 atom stereocenters. The Balaban J connectivity index is 0.00000117. The van der Waals surface area contributed by atoms with Gasteiger partial charge in [-0.2, -0.15) is 10.4 Å². The fraction of sp³-hybridized carbons (Fsp3) is 0.261. The number of carbonyl (C=O) groups excluding carboxylic acids is 1. The third kappa shape index (κ3) is 4.82. The third-order valence-corrected chi connectivity index (χ3v) is 4.48. The van der Waals surface area contributed by atoms with Crippen molar-refractivity contribution in [2.24, 2.45) is 0 Å². The molecule has 29 heavy (non-hydrogen) atoms. The van der Waals surface area contributed by atoms with Crippen LogP contribution in [0.4, 0.5) is 0 Å². The Morgan fingerprint density at radius 3 is 2.62 bits per heavy atom. The number of hydrogen-bond donors (Lipinski definition) is 0. The predicted octanol–water partition coefficient (Wildman–Crippen LogP) is 4.02. The van der Waals surface area contributed by atoms with E-state index < -0.39 is 0 Å². The minimum Gasteiger partial charge on any atom is -0.487 e. The number of fused-ring (bicyclic) bond motifs is 1. The van der Waals surface area contributed by atoms with Gasteiger partial charge < -0.3 is 9.64 Å². The molecule has 0 saturated heterocycles. The zero-order chi connectivity index (χ0) is 20.6. The Morgan fingerprint density at radius 2 is 1.86 bits per heavy atom. The summed E-state index contributed by atoms with van der Waals surface area (Å²) in [5.41, 5.74) is 2.94. The normalized spacial score (nSPS) is 12.4. The van der Waals surface area contributed by atoms with Gasteiger partial charge in [-0.1, -0.05) is 50.2 Å². The monoisotopic (exact) mass is 388 g/mol. The molecule has 1 aliphatic rings. The van der Waals surface area contributed by atoms with Crippen molar-refractivity contribution in [2.45, 2.75) is 33.5 Å². The van der Waals surface area contributed by atoms with Crippen LogP contribution in [0.3, 0.4) is 0 Å². The van der Waals surface area contributed by atoms with Crippen LogP contribution in [-0.2, 0) is 19.7 Å². The molecular weight excluding hydrogens is 364 g/mol. The van der Waals surface area contributed by atoms with Gasteiger partial charge >= 0.3 is 0 Å². The van der Waals surface area contributed by atoms with Crippen LogP contribution in [-0.4, -0.2) is 27.1 Å². The van der Waals surface area contributed by atoms with Gasteiger partial charge in [-0.15, -0.1) is 0 Å². The molecule has 1 aliphatic heterocycles. The molecule has 1 amide bonds. The lowest BCUT2D eigenvalue weighted by atomic mass is 10.2. The van der Waals surface area contributed by atoms with E-state index in [2.05, 4.69) is 11.2 Å². The number of carbonyl (C=O) groups is 1. The summed E-state index contributed by atoms with van der Waals surface area (Å²) >= 11 is 0. The van der Waals surface area contributed by atoms with Crippen LogP contribution in [0.2, 0.25) is 0 Å². The van der Waals surface area contributed by atoms with Crippen molar-refractivity contribution in [2.75, 3.05) is 6.54 Å². The zero-order valence-electron chi connectivity index (χ0n) is 16.7. The average molecular weight is 388 g/mol. The Hall–Kier alpha value is -3.59. The first kappa shape index (κ1) is 20.2. The topological polar surface area (TPSA) is 71.2 Å². The molecule has 0 radical (unpaired) electrons. The van der Waals surface area contributed by atoms with Crippen molar-refractivity contribution in [3.63, 3.8) is 0 Å². The Labute approximate surface area is 170 Å². The van der Waals surface area contributed by atoms with Crippen molar-refractivity contribution in [1.29, 1.82) is 5.26 Å². The van der Waals surface area contributed by atoms with Crippen molar-refractivity contribution < 1.29 is 9.53 Å². The number of hydrogen-bond acceptors (Lipinski definition) is 4. The summed E-state index contributed by atoms with van der Waals surface area (Å²) < 4.78 is 7.46. The molecule has 0 N–H and O–H groups in total. The van der Waals surface area contributed by atoms with E-state index in [0.717, 1.165) is 5.56 Å². The largest absolute Gasteiger partial charge is 0.487 e. The standard InChI is InChI=1S/C21H18N4O2.C2H6/c22-13-17-7-4-8-19(11-17)27-15-18-12-20-21(26)24(9-10-25(20)23-18)14-16-5-2-1-3-6-16;1-2/h1-8,11-12H,9-10,14-15H2;1-2H3. The molecule has 0 aliphatic carbocycles. The molecule has 4 rings (SSSR count). The second kappa shape index (κ2) is 9.56. The SMILES string of the molecule is CC.N#Cc1cccc(OCc2cc3n(n2)CCN(Cc2ccccc2)C3=O)c1. The molecule has 3 aromatic rings. The highest BCUT2D eigenvalue weighted by Gasteiger charge is 2.26. The number of rotatable bonds is 5. The smallest absolute Gasteiger partial charge is 0.272 e. The summed E-state index contributed by atoms with van der Waals surface area (Å²) in [7, 11) is 0. The van der Waals surface area contributed by atoms with Crippen LogP contribution in [0.25, 0.3) is 0 Å². The van der Waals surface area contributed by atoms with E-state index in [1.54, 1.807) is 35.0 Å². The van der Waals surface area contributed by atoms with Crippen LogP contribution in [0.15, 0.2) is 60.7 Å². The average Bonchev–Trinajstić information content (AvgIpc) is 3.21. The van der Waals surface area contributed by atoms with E-state index in [4.69, 9.17) is 10.00 Å². The number of nitriles is 1. The number of amides is 1. The first-order valence-electron chi connectivity index (χ1n) is 9.76. The van der Waals surface area contributed by atoms with Gasteiger partial charge in [0.1, 0.15) is 23.7 Å². The maximum atomic E-state index is 12.8. The van der Waals surface area contributed by atoms with Crippen molar-refractivity contribution in [1.82, 2.24) is 14.7 Å². The van der Waals surface area contributed by atoms with Crippen LogP contribution in [0.1, 0.15) is 41.2 Å². The second-order valence-electron chi connectivity index (χ2n) is 6.38. The van der Waals surface area contributed by atoms with Crippen molar-refractivity contribution >= 4 is 5.91 Å². The number of ether oxygens (including phenoxy) is 1. The van der Waals surface area contributed by atoms with E-state index in [0.29, 0.717) is 42.3 Å². The quantitative estimate of drug-likeness (QED) is 0.662. The molecule has 6 heteroatoms. The Bertz CT molecular complexity index is 1010. The number of aromatic nitrogens is 2. The molecular formula is C23H24N4O2. The maximum absolute atomic E-state index is 12.8. The summed E-state index contributed by atoms with van der Waals surface area (Å²) in [5.74, 6) is 0.590. The van der Waals surface area contributed by atoms with Gasteiger partial charge in [0.05, 0.1) is 18.2 Å². The molecule has 2 aromatic carbocycles. The highest BCUT2D eigenvalue weighted by molar-refractivity contribution is 5.93. The fourth-order valence-electron chi connectivity index (χ4n) is 3.13. The Morgan fingerprint density at radius 1 is 1.07 bits per heavy atom.